The fourth-order valence-electron chi connectivity index (χ4n) is 2.67. The lowest BCUT2D eigenvalue weighted by atomic mass is 9.98. The quantitative estimate of drug-likeness (QED) is 0.731. The first-order valence-corrected chi connectivity index (χ1v) is 7.02. The minimum absolute atomic E-state index is 0.00528. The molecule has 0 radical (unpaired) electrons. The number of rotatable bonds is 4. The van der Waals surface area contributed by atoms with Gasteiger partial charge in [-0.05, 0) is 24.7 Å². The van der Waals surface area contributed by atoms with Crippen LogP contribution in [0.1, 0.15) is 26.7 Å². The summed E-state index contributed by atoms with van der Waals surface area (Å²) < 4.78 is 23.0. The lowest BCUT2D eigenvalue weighted by molar-refractivity contribution is 0.205. The van der Waals surface area contributed by atoms with Gasteiger partial charge in [-0.1, -0.05) is 13.8 Å². The van der Waals surface area contributed by atoms with E-state index in [4.69, 9.17) is 5.11 Å². The van der Waals surface area contributed by atoms with Crippen LogP contribution in [0.5, 0.6) is 0 Å². The van der Waals surface area contributed by atoms with Crippen LogP contribution in [-0.2, 0) is 9.84 Å². The highest BCUT2D eigenvalue weighted by Gasteiger charge is 2.52. The Morgan fingerprint density at radius 3 is 2.33 bits per heavy atom. The van der Waals surface area contributed by atoms with Crippen LogP contribution in [0.3, 0.4) is 0 Å². The van der Waals surface area contributed by atoms with Crippen LogP contribution in [0.4, 0.5) is 0 Å². The van der Waals surface area contributed by atoms with Gasteiger partial charge in [0, 0.05) is 12.4 Å². The van der Waals surface area contributed by atoms with E-state index in [1.807, 2.05) is 6.92 Å². The van der Waals surface area contributed by atoms with E-state index in [0.717, 1.165) is 0 Å². The van der Waals surface area contributed by atoms with Crippen LogP contribution >= 0.6 is 0 Å². The standard InChI is InChI=1S/C10H20O4S/c1-3-15(13,14)10(7-12)5-9(6-11)4-8(10)2/h8-9,11-12H,3-7H2,1-2H3/t8-,9-,10-/m0/s1. The largest absolute Gasteiger partial charge is 0.396 e. The van der Waals surface area contributed by atoms with Crippen molar-refractivity contribution < 1.29 is 18.6 Å². The summed E-state index contributed by atoms with van der Waals surface area (Å²) >= 11 is 0. The molecule has 3 atom stereocenters. The van der Waals surface area contributed by atoms with Crippen LogP contribution in [0.2, 0.25) is 0 Å². The van der Waals surface area contributed by atoms with Gasteiger partial charge in [-0.25, -0.2) is 8.42 Å². The maximum atomic E-state index is 12.0. The molecule has 0 amide bonds. The summed E-state index contributed by atoms with van der Waals surface area (Å²) in [5.41, 5.74) is 0. The van der Waals surface area contributed by atoms with Gasteiger partial charge in [0.15, 0.2) is 9.84 Å². The Morgan fingerprint density at radius 1 is 1.40 bits per heavy atom. The van der Waals surface area contributed by atoms with Crippen molar-refractivity contribution >= 4 is 9.84 Å². The van der Waals surface area contributed by atoms with E-state index < -0.39 is 14.6 Å². The second-order valence-corrected chi connectivity index (χ2v) is 7.14. The van der Waals surface area contributed by atoms with Crippen molar-refractivity contribution in [1.82, 2.24) is 0 Å². The summed E-state index contributed by atoms with van der Waals surface area (Å²) in [6, 6.07) is 0. The van der Waals surface area contributed by atoms with Crippen molar-refractivity contribution in [1.29, 1.82) is 0 Å². The van der Waals surface area contributed by atoms with Crippen molar-refractivity contribution in [3.63, 3.8) is 0 Å². The molecule has 2 N–H and O–H groups in total. The van der Waals surface area contributed by atoms with Gasteiger partial charge in [0.1, 0.15) is 0 Å². The zero-order valence-electron chi connectivity index (χ0n) is 9.31. The number of hydrogen-bond donors (Lipinski definition) is 2. The molecule has 1 aliphatic rings. The Kier molecular flexibility index (Phi) is 3.79. The second kappa shape index (κ2) is 4.39. The molecule has 90 valence electrons. The molecule has 0 unspecified atom stereocenters. The summed E-state index contributed by atoms with van der Waals surface area (Å²) in [6.07, 6.45) is 1.06. The Bertz CT molecular complexity index is 311. The first-order valence-electron chi connectivity index (χ1n) is 5.37. The Hall–Kier alpha value is -0.130. The molecule has 0 saturated heterocycles. The normalized spacial score (nSPS) is 37.1. The lowest BCUT2D eigenvalue weighted by Gasteiger charge is -2.30. The molecular formula is C10H20O4S. The first-order chi connectivity index (χ1) is 6.93. The monoisotopic (exact) mass is 236 g/mol. The van der Waals surface area contributed by atoms with Crippen molar-refractivity contribution in [3.05, 3.63) is 0 Å². The van der Waals surface area contributed by atoms with E-state index in [9.17, 15) is 13.5 Å². The molecule has 0 aromatic rings. The third-order valence-corrected chi connectivity index (χ3v) is 6.44. The van der Waals surface area contributed by atoms with Crippen LogP contribution in [-0.4, -0.2) is 42.3 Å². The van der Waals surface area contributed by atoms with Gasteiger partial charge in [0.2, 0.25) is 0 Å². The number of sulfone groups is 1. The lowest BCUT2D eigenvalue weighted by Crippen LogP contribution is -2.45. The van der Waals surface area contributed by atoms with E-state index in [1.165, 1.54) is 0 Å². The predicted molar refractivity (Wildman–Crippen MR) is 58.3 cm³/mol. The van der Waals surface area contributed by atoms with Crippen LogP contribution in [0.25, 0.3) is 0 Å². The highest BCUT2D eigenvalue weighted by atomic mass is 32.2. The molecule has 1 rings (SSSR count). The van der Waals surface area contributed by atoms with Crippen molar-refractivity contribution in [2.24, 2.45) is 11.8 Å². The van der Waals surface area contributed by atoms with E-state index in [0.29, 0.717) is 12.8 Å². The van der Waals surface area contributed by atoms with Gasteiger partial charge in [-0.15, -0.1) is 0 Å². The molecule has 4 nitrogen and oxygen atoms in total. The van der Waals surface area contributed by atoms with E-state index >= 15 is 0 Å². The van der Waals surface area contributed by atoms with Crippen LogP contribution in [0.15, 0.2) is 0 Å². The zero-order valence-corrected chi connectivity index (χ0v) is 10.1. The van der Waals surface area contributed by atoms with Gasteiger partial charge in [0.05, 0.1) is 11.4 Å². The zero-order chi connectivity index (χ0) is 11.7. The summed E-state index contributed by atoms with van der Waals surface area (Å²) in [4.78, 5) is 0. The third-order valence-electron chi connectivity index (χ3n) is 3.74. The van der Waals surface area contributed by atoms with E-state index in [1.54, 1.807) is 6.92 Å². The molecule has 0 aromatic carbocycles. The summed E-state index contributed by atoms with van der Waals surface area (Å²) in [5.74, 6) is -0.0196. The second-order valence-electron chi connectivity index (χ2n) is 4.52. The minimum Gasteiger partial charge on any atom is -0.396 e. The molecule has 15 heavy (non-hydrogen) atoms. The molecule has 0 aromatic heterocycles. The highest BCUT2D eigenvalue weighted by Crippen LogP contribution is 2.44. The molecule has 1 saturated carbocycles. The molecule has 1 aliphatic carbocycles. The summed E-state index contributed by atoms with van der Waals surface area (Å²) in [6.45, 7) is 3.12. The third kappa shape index (κ3) is 1.92. The molecule has 1 fully saturated rings. The first kappa shape index (κ1) is 12.9. The number of aliphatic hydroxyl groups is 2. The summed E-state index contributed by atoms with van der Waals surface area (Å²) in [7, 11) is -3.26. The molecular weight excluding hydrogens is 216 g/mol. The van der Waals surface area contributed by atoms with Gasteiger partial charge in [-0.2, -0.15) is 0 Å². The molecule has 0 bridgehead atoms. The van der Waals surface area contributed by atoms with Gasteiger partial charge < -0.3 is 10.2 Å². The van der Waals surface area contributed by atoms with Gasteiger partial charge >= 0.3 is 0 Å². The van der Waals surface area contributed by atoms with E-state index in [2.05, 4.69) is 0 Å². The Labute approximate surface area is 91.2 Å². The number of hydrogen-bond acceptors (Lipinski definition) is 4. The summed E-state index contributed by atoms with van der Waals surface area (Å²) in [5, 5.41) is 18.5. The van der Waals surface area contributed by atoms with Crippen LogP contribution in [0, 0.1) is 11.8 Å². The average Bonchev–Trinajstić information content (AvgIpc) is 2.56. The van der Waals surface area contributed by atoms with Crippen molar-refractivity contribution in [2.75, 3.05) is 19.0 Å². The molecule has 0 heterocycles. The van der Waals surface area contributed by atoms with Gasteiger partial charge in [0.25, 0.3) is 0 Å². The fraction of sp³-hybridized carbons (Fsp3) is 1.00. The Morgan fingerprint density at radius 2 is 2.00 bits per heavy atom. The number of aliphatic hydroxyl groups excluding tert-OH is 2. The smallest absolute Gasteiger partial charge is 0.158 e. The maximum absolute atomic E-state index is 12.0. The maximum Gasteiger partial charge on any atom is 0.158 e. The van der Waals surface area contributed by atoms with E-state index in [-0.39, 0.29) is 30.8 Å². The molecule has 5 heteroatoms. The van der Waals surface area contributed by atoms with Crippen molar-refractivity contribution in [2.45, 2.75) is 31.4 Å². The van der Waals surface area contributed by atoms with Gasteiger partial charge in [-0.3, -0.25) is 0 Å². The molecule has 0 aliphatic heterocycles. The van der Waals surface area contributed by atoms with Crippen molar-refractivity contribution in [3.8, 4) is 0 Å². The average molecular weight is 236 g/mol. The predicted octanol–water partition coefficient (Wildman–Crippen LogP) is 0.191. The SMILES string of the molecule is CCS(=O)(=O)[C@]1(CO)C[C@@H](CO)C[C@@H]1C. The fourth-order valence-corrected chi connectivity index (χ4v) is 4.64. The minimum atomic E-state index is -3.26. The molecule has 0 spiro atoms. The Balaban J connectivity index is 3.06. The van der Waals surface area contributed by atoms with Crippen LogP contribution < -0.4 is 0 Å². The topological polar surface area (TPSA) is 74.6 Å². The highest BCUT2D eigenvalue weighted by molar-refractivity contribution is 7.92.